The highest BCUT2D eigenvalue weighted by Gasteiger charge is 2.28. The number of nitrogens with zero attached hydrogens (tertiary/aromatic N) is 1. The van der Waals surface area contributed by atoms with E-state index in [2.05, 4.69) is 9.71 Å². The molecule has 0 aromatic heterocycles. The van der Waals surface area contributed by atoms with Crippen molar-refractivity contribution in [2.75, 3.05) is 5.32 Å². The van der Waals surface area contributed by atoms with E-state index in [0.29, 0.717) is 22.1 Å². The fraction of sp³-hybridized carbons (Fsp3) is 0.133. The number of amidine groups is 1. The van der Waals surface area contributed by atoms with Gasteiger partial charge in [-0.2, -0.15) is 8.42 Å². The first-order valence-corrected chi connectivity index (χ1v) is 8.18. The van der Waals surface area contributed by atoms with Gasteiger partial charge >= 0.3 is 0 Å². The van der Waals surface area contributed by atoms with Gasteiger partial charge in [-0.25, -0.2) is 0 Å². The minimum absolute atomic E-state index is 0.216. The summed E-state index contributed by atoms with van der Waals surface area (Å²) >= 11 is 6.24. The van der Waals surface area contributed by atoms with Gasteiger partial charge in [-0.15, -0.1) is 4.40 Å². The van der Waals surface area contributed by atoms with E-state index in [1.54, 1.807) is 24.3 Å². The molecule has 1 N–H and O–H groups in total. The van der Waals surface area contributed by atoms with Crippen molar-refractivity contribution in [3.63, 3.8) is 0 Å². The van der Waals surface area contributed by atoms with Gasteiger partial charge in [0.15, 0.2) is 5.84 Å². The number of sulfonamides is 1. The molecule has 2 aromatic carbocycles. The third-order valence-electron chi connectivity index (χ3n) is 3.31. The highest BCUT2D eigenvalue weighted by molar-refractivity contribution is 7.90. The molecule has 21 heavy (non-hydrogen) atoms. The molecule has 0 spiro atoms. The van der Waals surface area contributed by atoms with Crippen molar-refractivity contribution in [3.05, 3.63) is 58.1 Å². The smallest absolute Gasteiger partial charge is 0.285 e. The monoisotopic (exact) mass is 320 g/mol. The van der Waals surface area contributed by atoms with Gasteiger partial charge in [0.1, 0.15) is 4.90 Å². The lowest BCUT2D eigenvalue weighted by atomic mass is 10.1. The van der Waals surface area contributed by atoms with Crippen LogP contribution in [0.25, 0.3) is 0 Å². The summed E-state index contributed by atoms with van der Waals surface area (Å²) in [6.45, 7) is 3.87. The van der Waals surface area contributed by atoms with Crippen LogP contribution < -0.4 is 5.32 Å². The summed E-state index contributed by atoms with van der Waals surface area (Å²) in [7, 11) is -3.63. The summed E-state index contributed by atoms with van der Waals surface area (Å²) in [6.07, 6.45) is 0. The van der Waals surface area contributed by atoms with Crippen LogP contribution in [0.15, 0.2) is 45.7 Å². The number of rotatable bonds is 1. The van der Waals surface area contributed by atoms with E-state index >= 15 is 0 Å². The van der Waals surface area contributed by atoms with Crippen molar-refractivity contribution in [1.82, 2.24) is 0 Å². The molecule has 4 nitrogen and oxygen atoms in total. The molecule has 2 aromatic rings. The number of fused-ring (bicyclic) bond motifs is 1. The Bertz CT molecular complexity index is 850. The second-order valence-electron chi connectivity index (χ2n) is 4.97. The Hall–Kier alpha value is -1.85. The van der Waals surface area contributed by atoms with Crippen LogP contribution in [0.5, 0.6) is 0 Å². The Labute approximate surface area is 128 Å². The fourth-order valence-corrected chi connectivity index (χ4v) is 3.93. The minimum atomic E-state index is -3.63. The Morgan fingerprint density at radius 3 is 2.57 bits per heavy atom. The second kappa shape index (κ2) is 4.86. The van der Waals surface area contributed by atoms with E-state index in [9.17, 15) is 8.42 Å². The molecule has 0 fully saturated rings. The molecule has 0 saturated carbocycles. The maximum Gasteiger partial charge on any atom is 0.285 e. The molecule has 108 valence electrons. The maximum absolute atomic E-state index is 12.0. The zero-order valence-corrected chi connectivity index (χ0v) is 13.1. The zero-order chi connectivity index (χ0) is 15.2. The molecule has 0 aliphatic carbocycles. The van der Waals surface area contributed by atoms with Gasteiger partial charge in [-0.1, -0.05) is 29.8 Å². The Kier molecular flexibility index (Phi) is 3.26. The fourth-order valence-electron chi connectivity index (χ4n) is 2.39. The highest BCUT2D eigenvalue weighted by atomic mass is 35.5. The lowest BCUT2D eigenvalue weighted by Gasteiger charge is -2.12. The normalized spacial score (nSPS) is 15.5. The molecule has 1 aliphatic heterocycles. The average molecular weight is 321 g/mol. The van der Waals surface area contributed by atoms with Crippen molar-refractivity contribution >= 4 is 33.1 Å². The van der Waals surface area contributed by atoms with Crippen LogP contribution in [0.2, 0.25) is 5.02 Å². The van der Waals surface area contributed by atoms with E-state index in [-0.39, 0.29) is 4.90 Å². The van der Waals surface area contributed by atoms with Crippen molar-refractivity contribution in [1.29, 1.82) is 0 Å². The number of aryl methyl sites for hydroxylation is 2. The number of anilines is 1. The molecule has 6 heteroatoms. The van der Waals surface area contributed by atoms with Gasteiger partial charge in [0.05, 0.1) is 10.7 Å². The Balaban J connectivity index is 2.09. The van der Waals surface area contributed by atoms with Crippen molar-refractivity contribution in [2.24, 2.45) is 4.40 Å². The van der Waals surface area contributed by atoms with Crippen LogP contribution in [0.1, 0.15) is 16.7 Å². The summed E-state index contributed by atoms with van der Waals surface area (Å²) < 4.78 is 27.8. The van der Waals surface area contributed by atoms with Crippen molar-refractivity contribution in [2.45, 2.75) is 18.7 Å². The van der Waals surface area contributed by atoms with Crippen molar-refractivity contribution < 1.29 is 8.42 Å². The predicted octanol–water partition coefficient (Wildman–Crippen LogP) is 3.52. The summed E-state index contributed by atoms with van der Waals surface area (Å²) in [5, 5.41) is 3.59. The average Bonchev–Trinajstić information content (AvgIpc) is 2.66. The quantitative estimate of drug-likeness (QED) is 0.874. The van der Waals surface area contributed by atoms with Gasteiger partial charge in [0.25, 0.3) is 10.0 Å². The van der Waals surface area contributed by atoms with Gasteiger partial charge in [0.2, 0.25) is 0 Å². The number of benzene rings is 2. The molecule has 0 bridgehead atoms. The second-order valence-corrected chi connectivity index (χ2v) is 6.95. The third-order valence-corrected chi connectivity index (χ3v) is 4.94. The number of halogens is 1. The van der Waals surface area contributed by atoms with Gasteiger partial charge < -0.3 is 5.32 Å². The molecule has 0 saturated heterocycles. The lowest BCUT2D eigenvalue weighted by molar-refractivity contribution is 0.599. The molecular weight excluding hydrogens is 308 g/mol. The largest absolute Gasteiger partial charge is 0.338 e. The Morgan fingerprint density at radius 1 is 1.14 bits per heavy atom. The van der Waals surface area contributed by atoms with E-state index in [1.807, 2.05) is 26.0 Å². The third kappa shape index (κ3) is 2.43. The molecule has 0 atom stereocenters. The van der Waals surface area contributed by atoms with E-state index < -0.39 is 10.0 Å². The van der Waals surface area contributed by atoms with E-state index in [0.717, 1.165) is 11.1 Å². The predicted molar refractivity (Wildman–Crippen MR) is 84.7 cm³/mol. The molecule has 0 radical (unpaired) electrons. The van der Waals surface area contributed by atoms with Crippen LogP contribution in [0.4, 0.5) is 5.69 Å². The molecule has 0 unspecified atom stereocenters. The summed E-state index contributed by atoms with van der Waals surface area (Å²) in [4.78, 5) is 0.216. The first-order chi connectivity index (χ1) is 9.88. The lowest BCUT2D eigenvalue weighted by Crippen LogP contribution is -2.12. The SMILES string of the molecule is Cc1cc(C)c(NC2=NS(=O)(=O)c3ccccc32)c(Cl)c1. The molecule has 0 amide bonds. The number of hydrogen-bond donors (Lipinski definition) is 1. The van der Waals surface area contributed by atoms with E-state index in [1.165, 1.54) is 0 Å². The van der Waals surface area contributed by atoms with Crippen LogP contribution in [-0.2, 0) is 10.0 Å². The number of hydrogen-bond acceptors (Lipinski definition) is 3. The van der Waals surface area contributed by atoms with Crippen LogP contribution in [0, 0.1) is 13.8 Å². The summed E-state index contributed by atoms with van der Waals surface area (Å²) in [5.41, 5.74) is 3.22. The zero-order valence-electron chi connectivity index (χ0n) is 11.5. The number of nitrogens with one attached hydrogen (secondary N) is 1. The minimum Gasteiger partial charge on any atom is -0.338 e. The first kappa shape index (κ1) is 14.1. The summed E-state index contributed by atoms with van der Waals surface area (Å²) in [6, 6.07) is 10.5. The van der Waals surface area contributed by atoms with E-state index in [4.69, 9.17) is 11.6 Å². The topological polar surface area (TPSA) is 58.5 Å². The highest BCUT2D eigenvalue weighted by Crippen LogP contribution is 2.31. The molecule has 1 heterocycles. The molecular formula is C15H13ClN2O2S. The summed E-state index contributed by atoms with van der Waals surface area (Å²) in [5.74, 6) is 0.305. The van der Waals surface area contributed by atoms with Gasteiger partial charge in [-0.05, 0) is 43.2 Å². The van der Waals surface area contributed by atoms with Crippen LogP contribution >= 0.6 is 11.6 Å². The Morgan fingerprint density at radius 2 is 1.86 bits per heavy atom. The first-order valence-electron chi connectivity index (χ1n) is 6.36. The van der Waals surface area contributed by atoms with Crippen LogP contribution in [-0.4, -0.2) is 14.3 Å². The van der Waals surface area contributed by atoms with Crippen LogP contribution in [0.3, 0.4) is 0 Å². The molecule has 1 aliphatic rings. The van der Waals surface area contributed by atoms with Crippen molar-refractivity contribution in [3.8, 4) is 0 Å². The van der Waals surface area contributed by atoms with Gasteiger partial charge in [-0.3, -0.25) is 0 Å². The van der Waals surface area contributed by atoms with Gasteiger partial charge in [0, 0.05) is 5.56 Å². The molecule has 3 rings (SSSR count). The standard InChI is InChI=1S/C15H13ClN2O2S/c1-9-7-10(2)14(12(16)8-9)17-15-11-5-3-4-6-13(11)21(19,20)18-15/h3-8H,1-2H3,(H,17,18). The maximum atomic E-state index is 12.0.